The van der Waals surface area contributed by atoms with Crippen molar-refractivity contribution in [1.29, 1.82) is 0 Å². The van der Waals surface area contributed by atoms with Crippen LogP contribution in [0.25, 0.3) is 0 Å². The smallest absolute Gasteiger partial charge is 0.315 e. The Morgan fingerprint density at radius 3 is 2.42 bits per heavy atom. The van der Waals surface area contributed by atoms with Gasteiger partial charge in [0.25, 0.3) is 0 Å². The largest absolute Gasteiger partial charge is 0.368 e. The first-order valence-corrected chi connectivity index (χ1v) is 3.88. The molecule has 0 bridgehead atoms. The van der Waals surface area contributed by atoms with E-state index < -0.39 is 11.9 Å². The monoisotopic (exact) mass is 171 g/mol. The molecule has 5 heteroatoms. The summed E-state index contributed by atoms with van der Waals surface area (Å²) < 4.78 is 0. The Labute approximate surface area is 70.7 Å². The van der Waals surface area contributed by atoms with Gasteiger partial charge < -0.3 is 16.4 Å². The molecule has 2 atom stereocenters. The second-order valence-electron chi connectivity index (χ2n) is 3.27. The lowest BCUT2D eigenvalue weighted by molar-refractivity contribution is -0.120. The summed E-state index contributed by atoms with van der Waals surface area (Å²) in [5.74, 6) is -0.298. The van der Waals surface area contributed by atoms with Crippen molar-refractivity contribution < 1.29 is 9.59 Å². The van der Waals surface area contributed by atoms with Crippen LogP contribution in [0.1, 0.15) is 13.8 Å². The molecule has 1 saturated heterocycles. The summed E-state index contributed by atoms with van der Waals surface area (Å²) in [5, 5.41) is 5.09. The first-order chi connectivity index (χ1) is 5.52. The number of amides is 3. The van der Waals surface area contributed by atoms with Crippen LogP contribution < -0.4 is 16.4 Å². The zero-order valence-corrected chi connectivity index (χ0v) is 7.13. The number of nitrogens with one attached hydrogen (secondary N) is 2. The second kappa shape index (κ2) is 3.00. The summed E-state index contributed by atoms with van der Waals surface area (Å²) in [5.41, 5.74) is 5.09. The van der Waals surface area contributed by atoms with Gasteiger partial charge in [-0.2, -0.15) is 0 Å². The third-order valence-electron chi connectivity index (χ3n) is 1.97. The lowest BCUT2D eigenvalue weighted by atomic mass is 9.98. The van der Waals surface area contributed by atoms with Crippen molar-refractivity contribution in [3.63, 3.8) is 0 Å². The maximum Gasteiger partial charge on any atom is 0.315 e. The Bertz CT molecular complexity index is 215. The summed E-state index contributed by atoms with van der Waals surface area (Å²) in [6.07, 6.45) is 0. The van der Waals surface area contributed by atoms with Crippen molar-refractivity contribution in [1.82, 2.24) is 10.6 Å². The highest BCUT2D eigenvalue weighted by Gasteiger charge is 2.37. The van der Waals surface area contributed by atoms with E-state index in [4.69, 9.17) is 5.73 Å². The van der Waals surface area contributed by atoms with Gasteiger partial charge in [-0.15, -0.1) is 0 Å². The SMILES string of the molecule is CC(C)[C@H]1NC(=O)N[C@@H]1C(N)=O. The van der Waals surface area contributed by atoms with E-state index in [1.54, 1.807) is 0 Å². The Morgan fingerprint density at radius 1 is 1.50 bits per heavy atom. The van der Waals surface area contributed by atoms with E-state index in [-0.39, 0.29) is 18.0 Å². The maximum absolute atomic E-state index is 10.8. The number of hydrogen-bond acceptors (Lipinski definition) is 2. The van der Waals surface area contributed by atoms with Crippen LogP contribution in [0.2, 0.25) is 0 Å². The fourth-order valence-corrected chi connectivity index (χ4v) is 1.31. The van der Waals surface area contributed by atoms with Gasteiger partial charge >= 0.3 is 6.03 Å². The predicted molar refractivity (Wildman–Crippen MR) is 43.3 cm³/mol. The molecule has 1 aliphatic heterocycles. The zero-order chi connectivity index (χ0) is 9.30. The molecule has 0 aliphatic carbocycles. The Kier molecular flexibility index (Phi) is 2.21. The molecule has 68 valence electrons. The van der Waals surface area contributed by atoms with E-state index >= 15 is 0 Å². The number of nitrogens with two attached hydrogens (primary N) is 1. The fraction of sp³-hybridized carbons (Fsp3) is 0.714. The van der Waals surface area contributed by atoms with Gasteiger partial charge in [-0.25, -0.2) is 4.79 Å². The van der Waals surface area contributed by atoms with E-state index in [1.807, 2.05) is 13.8 Å². The molecule has 12 heavy (non-hydrogen) atoms. The van der Waals surface area contributed by atoms with Crippen LogP contribution in [0.5, 0.6) is 0 Å². The molecule has 0 aromatic heterocycles. The molecule has 1 rings (SSSR count). The van der Waals surface area contributed by atoms with E-state index in [0.717, 1.165) is 0 Å². The molecule has 0 radical (unpaired) electrons. The highest BCUT2D eigenvalue weighted by molar-refractivity contribution is 5.90. The van der Waals surface area contributed by atoms with Crippen LogP contribution in [0.15, 0.2) is 0 Å². The van der Waals surface area contributed by atoms with Crippen molar-refractivity contribution in [3.8, 4) is 0 Å². The van der Waals surface area contributed by atoms with Gasteiger partial charge in [-0.3, -0.25) is 4.79 Å². The molecule has 0 unspecified atom stereocenters. The average molecular weight is 171 g/mol. The van der Waals surface area contributed by atoms with Crippen LogP contribution in [0.4, 0.5) is 4.79 Å². The molecule has 1 aliphatic rings. The molecule has 0 aromatic rings. The van der Waals surface area contributed by atoms with Crippen LogP contribution in [0, 0.1) is 5.92 Å². The minimum Gasteiger partial charge on any atom is -0.368 e. The Hall–Kier alpha value is -1.26. The Morgan fingerprint density at radius 2 is 2.08 bits per heavy atom. The number of urea groups is 1. The van der Waals surface area contributed by atoms with Gasteiger partial charge in [-0.1, -0.05) is 13.8 Å². The average Bonchev–Trinajstić information content (AvgIpc) is 2.31. The van der Waals surface area contributed by atoms with Crippen LogP contribution in [-0.2, 0) is 4.79 Å². The zero-order valence-electron chi connectivity index (χ0n) is 7.13. The van der Waals surface area contributed by atoms with Gasteiger partial charge in [-0.05, 0) is 5.92 Å². The highest BCUT2D eigenvalue weighted by Crippen LogP contribution is 2.10. The van der Waals surface area contributed by atoms with Crippen LogP contribution in [-0.4, -0.2) is 24.0 Å². The van der Waals surface area contributed by atoms with Crippen molar-refractivity contribution in [3.05, 3.63) is 0 Å². The highest BCUT2D eigenvalue weighted by atomic mass is 16.2. The predicted octanol–water partition coefficient (Wildman–Crippen LogP) is -0.822. The molecule has 4 N–H and O–H groups in total. The lowest BCUT2D eigenvalue weighted by Crippen LogP contribution is -2.47. The molecule has 1 fully saturated rings. The van der Waals surface area contributed by atoms with E-state index in [0.29, 0.717) is 0 Å². The quantitative estimate of drug-likeness (QED) is 0.507. The maximum atomic E-state index is 10.8. The van der Waals surface area contributed by atoms with Gasteiger partial charge in [0.1, 0.15) is 6.04 Å². The second-order valence-corrected chi connectivity index (χ2v) is 3.27. The summed E-state index contributed by atoms with van der Waals surface area (Å²) in [6, 6.07) is -1.08. The summed E-state index contributed by atoms with van der Waals surface area (Å²) in [6.45, 7) is 3.85. The number of primary amides is 1. The number of carbonyl (C=O) groups excluding carboxylic acids is 2. The van der Waals surface area contributed by atoms with E-state index in [1.165, 1.54) is 0 Å². The van der Waals surface area contributed by atoms with Crippen molar-refractivity contribution in [2.75, 3.05) is 0 Å². The van der Waals surface area contributed by atoms with E-state index in [2.05, 4.69) is 10.6 Å². The third-order valence-corrected chi connectivity index (χ3v) is 1.97. The van der Waals surface area contributed by atoms with Crippen LogP contribution in [0.3, 0.4) is 0 Å². The third kappa shape index (κ3) is 1.49. The van der Waals surface area contributed by atoms with Gasteiger partial charge in [0, 0.05) is 0 Å². The first-order valence-electron chi connectivity index (χ1n) is 3.88. The molecular formula is C7H13N3O2. The number of hydrogen-bond donors (Lipinski definition) is 3. The van der Waals surface area contributed by atoms with E-state index in [9.17, 15) is 9.59 Å². The van der Waals surface area contributed by atoms with Crippen molar-refractivity contribution >= 4 is 11.9 Å². The first kappa shape index (κ1) is 8.83. The summed E-state index contributed by atoms with van der Waals surface area (Å²) in [4.78, 5) is 21.7. The molecular weight excluding hydrogens is 158 g/mol. The molecule has 0 aromatic carbocycles. The topological polar surface area (TPSA) is 84.2 Å². The molecule has 5 nitrogen and oxygen atoms in total. The molecule has 0 saturated carbocycles. The Balaban J connectivity index is 2.72. The summed E-state index contributed by atoms with van der Waals surface area (Å²) >= 11 is 0. The normalized spacial score (nSPS) is 28.4. The van der Waals surface area contributed by atoms with Crippen molar-refractivity contribution in [2.24, 2.45) is 11.7 Å². The number of carbonyl (C=O) groups is 2. The minimum atomic E-state index is -0.572. The molecule has 0 spiro atoms. The summed E-state index contributed by atoms with van der Waals surface area (Å²) in [7, 11) is 0. The van der Waals surface area contributed by atoms with Gasteiger partial charge in [0.05, 0.1) is 6.04 Å². The standard InChI is InChI=1S/C7H13N3O2/c1-3(2)4-5(6(8)11)10-7(12)9-4/h3-5H,1-2H3,(H2,8,11)(H2,9,10,12)/t4-,5+/m1/s1. The molecule has 1 heterocycles. The molecule has 3 amide bonds. The fourth-order valence-electron chi connectivity index (χ4n) is 1.31. The minimum absolute atomic E-state index is 0.185. The van der Waals surface area contributed by atoms with Crippen LogP contribution >= 0.6 is 0 Å². The lowest BCUT2D eigenvalue weighted by Gasteiger charge is -2.18. The van der Waals surface area contributed by atoms with Crippen molar-refractivity contribution in [2.45, 2.75) is 25.9 Å². The van der Waals surface area contributed by atoms with Gasteiger partial charge in [0.15, 0.2) is 0 Å². The number of rotatable bonds is 2. The van der Waals surface area contributed by atoms with Gasteiger partial charge in [0.2, 0.25) is 5.91 Å².